The SMILES string of the molecule is CN=C(NCc1cc(OC)c(OC)c(OC)c1)NCc1ccccc1C. The fourth-order valence-electron chi connectivity index (χ4n) is 2.63. The molecule has 0 aliphatic rings. The van der Waals surface area contributed by atoms with Crippen LogP contribution in [0.15, 0.2) is 41.4 Å². The number of nitrogens with zero attached hydrogens (tertiary/aromatic N) is 1. The normalized spacial score (nSPS) is 11.0. The van der Waals surface area contributed by atoms with Gasteiger partial charge in [0.25, 0.3) is 0 Å². The van der Waals surface area contributed by atoms with Crippen molar-refractivity contribution in [3.63, 3.8) is 0 Å². The van der Waals surface area contributed by atoms with Gasteiger partial charge in [0.15, 0.2) is 17.5 Å². The molecular weight excluding hydrogens is 330 g/mol. The van der Waals surface area contributed by atoms with Crippen molar-refractivity contribution in [1.29, 1.82) is 0 Å². The van der Waals surface area contributed by atoms with E-state index < -0.39 is 0 Å². The molecule has 0 aliphatic carbocycles. The Kier molecular flexibility index (Phi) is 7.14. The van der Waals surface area contributed by atoms with Crippen LogP contribution in [0.3, 0.4) is 0 Å². The highest BCUT2D eigenvalue weighted by Gasteiger charge is 2.13. The minimum Gasteiger partial charge on any atom is -0.493 e. The van der Waals surface area contributed by atoms with Crippen LogP contribution in [-0.4, -0.2) is 34.3 Å². The smallest absolute Gasteiger partial charge is 0.203 e. The van der Waals surface area contributed by atoms with Crippen molar-refractivity contribution in [2.45, 2.75) is 20.0 Å². The molecule has 0 fully saturated rings. The molecule has 0 saturated carbocycles. The Balaban J connectivity index is 2.03. The highest BCUT2D eigenvalue weighted by molar-refractivity contribution is 5.79. The molecule has 140 valence electrons. The predicted octanol–water partition coefficient (Wildman–Crippen LogP) is 2.89. The molecule has 0 amide bonds. The van der Waals surface area contributed by atoms with Crippen molar-refractivity contribution < 1.29 is 14.2 Å². The minimum atomic E-state index is 0.574. The van der Waals surface area contributed by atoms with Crippen LogP contribution in [0.25, 0.3) is 0 Å². The molecule has 26 heavy (non-hydrogen) atoms. The summed E-state index contributed by atoms with van der Waals surface area (Å²) in [5, 5.41) is 6.63. The Hall–Kier alpha value is -2.89. The number of benzene rings is 2. The lowest BCUT2D eigenvalue weighted by molar-refractivity contribution is 0.323. The molecule has 0 spiro atoms. The van der Waals surface area contributed by atoms with Crippen LogP contribution < -0.4 is 24.8 Å². The third-order valence-electron chi connectivity index (χ3n) is 4.12. The topological polar surface area (TPSA) is 64.1 Å². The zero-order valence-corrected chi connectivity index (χ0v) is 16.1. The Labute approximate surface area is 155 Å². The summed E-state index contributed by atoms with van der Waals surface area (Å²) >= 11 is 0. The van der Waals surface area contributed by atoms with Crippen LogP contribution in [0.4, 0.5) is 0 Å². The van der Waals surface area contributed by atoms with Crippen molar-refractivity contribution in [3.05, 3.63) is 53.1 Å². The van der Waals surface area contributed by atoms with Gasteiger partial charge < -0.3 is 24.8 Å². The maximum atomic E-state index is 5.39. The molecule has 2 rings (SSSR count). The zero-order chi connectivity index (χ0) is 18.9. The van der Waals surface area contributed by atoms with Crippen LogP contribution in [0.5, 0.6) is 17.2 Å². The van der Waals surface area contributed by atoms with Gasteiger partial charge in [-0.05, 0) is 35.7 Å². The third kappa shape index (κ3) is 4.81. The van der Waals surface area contributed by atoms with E-state index in [2.05, 4.69) is 34.7 Å². The maximum Gasteiger partial charge on any atom is 0.203 e. The Morgan fingerprint density at radius 1 is 0.923 bits per heavy atom. The molecule has 0 radical (unpaired) electrons. The number of rotatable bonds is 7. The summed E-state index contributed by atoms with van der Waals surface area (Å²) in [7, 11) is 6.56. The van der Waals surface area contributed by atoms with Crippen molar-refractivity contribution >= 4 is 5.96 Å². The van der Waals surface area contributed by atoms with E-state index >= 15 is 0 Å². The van der Waals surface area contributed by atoms with Crippen LogP contribution in [0, 0.1) is 6.92 Å². The number of ether oxygens (including phenoxy) is 3. The number of hydrogen-bond acceptors (Lipinski definition) is 4. The van der Waals surface area contributed by atoms with Gasteiger partial charge in [0.05, 0.1) is 21.3 Å². The van der Waals surface area contributed by atoms with Crippen molar-refractivity contribution in [3.8, 4) is 17.2 Å². The molecule has 0 unspecified atom stereocenters. The van der Waals surface area contributed by atoms with E-state index in [1.54, 1.807) is 28.4 Å². The van der Waals surface area contributed by atoms with Gasteiger partial charge in [-0.15, -0.1) is 0 Å². The van der Waals surface area contributed by atoms with Crippen LogP contribution >= 0.6 is 0 Å². The molecular formula is C20H27N3O3. The minimum absolute atomic E-state index is 0.574. The summed E-state index contributed by atoms with van der Waals surface area (Å²) in [4.78, 5) is 4.27. The number of aliphatic imine (C=N–C) groups is 1. The molecule has 2 N–H and O–H groups in total. The van der Waals surface area contributed by atoms with E-state index in [-0.39, 0.29) is 0 Å². The number of methoxy groups -OCH3 is 3. The standard InChI is InChI=1S/C20H27N3O3/c1-14-8-6-7-9-16(14)13-23-20(21-2)22-12-15-10-17(24-3)19(26-5)18(11-15)25-4/h6-11H,12-13H2,1-5H3,(H2,21,22,23). The lowest BCUT2D eigenvalue weighted by Gasteiger charge is -2.16. The fraction of sp³-hybridized carbons (Fsp3) is 0.350. The first-order valence-electron chi connectivity index (χ1n) is 8.40. The molecule has 0 saturated heterocycles. The van der Waals surface area contributed by atoms with Gasteiger partial charge in [-0.3, -0.25) is 4.99 Å². The summed E-state index contributed by atoms with van der Waals surface area (Å²) in [6.45, 7) is 3.38. The first-order chi connectivity index (χ1) is 12.6. The van der Waals surface area contributed by atoms with Gasteiger partial charge in [0.1, 0.15) is 0 Å². The Morgan fingerprint density at radius 3 is 2.08 bits per heavy atom. The molecule has 0 heterocycles. The molecule has 0 aromatic heterocycles. The van der Waals surface area contributed by atoms with Crippen LogP contribution in [0.1, 0.15) is 16.7 Å². The summed E-state index contributed by atoms with van der Waals surface area (Å²) in [6, 6.07) is 12.1. The van der Waals surface area contributed by atoms with Crippen LogP contribution in [0.2, 0.25) is 0 Å². The molecule has 0 atom stereocenters. The lowest BCUT2D eigenvalue weighted by atomic mass is 10.1. The number of hydrogen-bond donors (Lipinski definition) is 2. The Bertz CT molecular complexity index is 735. The summed E-state index contributed by atoms with van der Waals surface area (Å²) in [5.41, 5.74) is 3.49. The van der Waals surface area contributed by atoms with Gasteiger partial charge in [0.2, 0.25) is 5.75 Å². The van der Waals surface area contributed by atoms with Crippen molar-refractivity contribution in [1.82, 2.24) is 10.6 Å². The lowest BCUT2D eigenvalue weighted by Crippen LogP contribution is -2.36. The van der Waals surface area contributed by atoms with Gasteiger partial charge >= 0.3 is 0 Å². The summed E-state index contributed by atoms with van der Waals surface area (Å²) in [5.74, 6) is 2.57. The fourth-order valence-corrected chi connectivity index (χ4v) is 2.63. The van der Waals surface area contributed by atoms with Gasteiger partial charge in [-0.25, -0.2) is 0 Å². The number of aryl methyl sites for hydroxylation is 1. The predicted molar refractivity (Wildman–Crippen MR) is 104 cm³/mol. The van der Waals surface area contributed by atoms with E-state index in [4.69, 9.17) is 14.2 Å². The van der Waals surface area contributed by atoms with Crippen molar-refractivity contribution in [2.24, 2.45) is 4.99 Å². The molecule has 0 aliphatic heterocycles. The van der Waals surface area contributed by atoms with Crippen LogP contribution in [-0.2, 0) is 13.1 Å². The summed E-state index contributed by atoms with van der Waals surface area (Å²) in [6.07, 6.45) is 0. The quantitative estimate of drug-likeness (QED) is 0.589. The van der Waals surface area contributed by atoms with Gasteiger partial charge in [-0.2, -0.15) is 0 Å². The van der Waals surface area contributed by atoms with E-state index in [1.807, 2.05) is 24.3 Å². The average molecular weight is 357 g/mol. The number of guanidine groups is 1. The van der Waals surface area contributed by atoms with Gasteiger partial charge in [0, 0.05) is 20.1 Å². The molecule has 6 nitrogen and oxygen atoms in total. The first-order valence-corrected chi connectivity index (χ1v) is 8.40. The largest absolute Gasteiger partial charge is 0.493 e. The average Bonchev–Trinajstić information content (AvgIpc) is 2.68. The van der Waals surface area contributed by atoms with Gasteiger partial charge in [-0.1, -0.05) is 24.3 Å². The summed E-state index contributed by atoms with van der Waals surface area (Å²) < 4.78 is 16.1. The van der Waals surface area contributed by atoms with E-state index in [0.29, 0.717) is 30.3 Å². The van der Waals surface area contributed by atoms with E-state index in [9.17, 15) is 0 Å². The molecule has 6 heteroatoms. The second kappa shape index (κ2) is 9.56. The second-order valence-corrected chi connectivity index (χ2v) is 5.74. The van der Waals surface area contributed by atoms with E-state index in [0.717, 1.165) is 11.5 Å². The second-order valence-electron chi connectivity index (χ2n) is 5.74. The Morgan fingerprint density at radius 2 is 1.54 bits per heavy atom. The van der Waals surface area contributed by atoms with E-state index in [1.165, 1.54) is 11.1 Å². The number of nitrogens with one attached hydrogen (secondary N) is 2. The first kappa shape index (κ1) is 19.4. The monoisotopic (exact) mass is 357 g/mol. The molecule has 2 aromatic carbocycles. The highest BCUT2D eigenvalue weighted by Crippen LogP contribution is 2.38. The highest BCUT2D eigenvalue weighted by atomic mass is 16.5. The molecule has 2 aromatic rings. The third-order valence-corrected chi connectivity index (χ3v) is 4.12. The maximum absolute atomic E-state index is 5.39. The molecule has 0 bridgehead atoms. The van der Waals surface area contributed by atoms with Crippen molar-refractivity contribution in [2.75, 3.05) is 28.4 Å². The zero-order valence-electron chi connectivity index (χ0n) is 16.1.